The quantitative estimate of drug-likeness (QED) is 0.751. The molecule has 0 fully saturated rings. The Morgan fingerprint density at radius 1 is 1.35 bits per heavy atom. The van der Waals surface area contributed by atoms with Gasteiger partial charge in [-0.05, 0) is 24.1 Å². The second-order valence-electron chi connectivity index (χ2n) is 3.74. The molecule has 0 heterocycles. The van der Waals surface area contributed by atoms with Crippen LogP contribution in [-0.2, 0) is 16.4 Å². The predicted octanol–water partition coefficient (Wildman–Crippen LogP) is 1.38. The molecule has 0 atom stereocenters. The molecule has 0 aliphatic heterocycles. The highest BCUT2D eigenvalue weighted by Crippen LogP contribution is 2.13. The molecule has 0 aliphatic carbocycles. The molecule has 1 rings (SSSR count). The van der Waals surface area contributed by atoms with Gasteiger partial charge in [0.15, 0.2) is 0 Å². The van der Waals surface area contributed by atoms with Gasteiger partial charge < -0.3 is 9.84 Å². The summed E-state index contributed by atoms with van der Waals surface area (Å²) in [4.78, 5) is 0. The normalized spacial score (nSPS) is 11.4. The smallest absolute Gasteiger partial charge is 0.150 e. The average Bonchev–Trinajstić information content (AvgIpc) is 2.35. The van der Waals surface area contributed by atoms with Crippen LogP contribution < -0.4 is 4.74 Å². The predicted molar refractivity (Wildman–Crippen MR) is 66.8 cm³/mol. The monoisotopic (exact) mass is 258 g/mol. The van der Waals surface area contributed by atoms with Gasteiger partial charge in [0.2, 0.25) is 0 Å². The third kappa shape index (κ3) is 5.19. The number of sulfone groups is 1. The molecule has 0 spiro atoms. The molecule has 5 heteroatoms. The van der Waals surface area contributed by atoms with Crippen LogP contribution in [0, 0.1) is 0 Å². The molecule has 0 bridgehead atoms. The zero-order valence-corrected chi connectivity index (χ0v) is 10.7. The van der Waals surface area contributed by atoms with Crippen molar-refractivity contribution in [3.05, 3.63) is 29.8 Å². The van der Waals surface area contributed by atoms with E-state index in [1.165, 1.54) is 0 Å². The maximum atomic E-state index is 11.2. The molecule has 17 heavy (non-hydrogen) atoms. The first-order valence-electron chi connectivity index (χ1n) is 5.60. The zero-order chi connectivity index (χ0) is 12.7. The minimum Gasteiger partial charge on any atom is -0.494 e. The maximum Gasteiger partial charge on any atom is 0.150 e. The molecule has 4 nitrogen and oxygen atoms in total. The van der Waals surface area contributed by atoms with E-state index in [-0.39, 0.29) is 18.1 Å². The lowest BCUT2D eigenvalue weighted by molar-refractivity contribution is 0.279. The Labute approximate surface area is 102 Å². The van der Waals surface area contributed by atoms with E-state index in [1.807, 2.05) is 0 Å². The molecule has 0 amide bonds. The van der Waals surface area contributed by atoms with Crippen LogP contribution in [0.3, 0.4) is 0 Å². The fraction of sp³-hybridized carbons (Fsp3) is 0.500. The summed E-state index contributed by atoms with van der Waals surface area (Å²) in [6, 6.07) is 7.12. The second kappa shape index (κ2) is 6.61. The molecule has 1 N–H and O–H groups in total. The molecule has 1 aromatic rings. The minimum atomic E-state index is -2.91. The van der Waals surface area contributed by atoms with Gasteiger partial charge in [-0.2, -0.15) is 0 Å². The molecule has 0 radical (unpaired) electrons. The van der Waals surface area contributed by atoms with E-state index in [1.54, 1.807) is 31.2 Å². The Morgan fingerprint density at radius 2 is 2.12 bits per heavy atom. The first-order chi connectivity index (χ1) is 8.07. The summed E-state index contributed by atoms with van der Waals surface area (Å²) < 4.78 is 27.9. The van der Waals surface area contributed by atoms with Crippen molar-refractivity contribution < 1.29 is 18.3 Å². The van der Waals surface area contributed by atoms with Gasteiger partial charge in [0.05, 0.1) is 19.0 Å². The average molecular weight is 258 g/mol. The van der Waals surface area contributed by atoms with Crippen LogP contribution >= 0.6 is 0 Å². The Kier molecular flexibility index (Phi) is 5.44. The van der Waals surface area contributed by atoms with Crippen molar-refractivity contribution in [3.8, 4) is 5.75 Å². The second-order valence-corrected chi connectivity index (χ2v) is 6.22. The Balaban J connectivity index is 2.36. The van der Waals surface area contributed by atoms with E-state index in [0.29, 0.717) is 18.8 Å². The van der Waals surface area contributed by atoms with Gasteiger partial charge in [-0.25, -0.2) is 8.42 Å². The number of hydrogen-bond acceptors (Lipinski definition) is 4. The van der Waals surface area contributed by atoms with Crippen molar-refractivity contribution in [1.29, 1.82) is 0 Å². The highest BCUT2D eigenvalue weighted by atomic mass is 32.2. The fourth-order valence-electron chi connectivity index (χ4n) is 1.35. The van der Waals surface area contributed by atoms with Crippen molar-refractivity contribution in [1.82, 2.24) is 0 Å². The number of aliphatic hydroxyl groups is 1. The molecule has 0 aromatic heterocycles. The highest BCUT2D eigenvalue weighted by molar-refractivity contribution is 7.91. The van der Waals surface area contributed by atoms with Crippen LogP contribution in [0.5, 0.6) is 5.75 Å². The van der Waals surface area contributed by atoms with Gasteiger partial charge >= 0.3 is 0 Å². The molecule has 0 unspecified atom stereocenters. The Hall–Kier alpha value is -1.07. The summed E-state index contributed by atoms with van der Waals surface area (Å²) >= 11 is 0. The largest absolute Gasteiger partial charge is 0.494 e. The molecular weight excluding hydrogens is 240 g/mol. The van der Waals surface area contributed by atoms with Gasteiger partial charge in [0.25, 0.3) is 0 Å². The topological polar surface area (TPSA) is 63.6 Å². The van der Waals surface area contributed by atoms with E-state index in [0.717, 1.165) is 5.56 Å². The van der Waals surface area contributed by atoms with E-state index in [2.05, 4.69) is 0 Å². The third-order valence-electron chi connectivity index (χ3n) is 2.39. The molecule has 0 saturated carbocycles. The Bertz CT molecular complexity index is 440. The fourth-order valence-corrected chi connectivity index (χ4v) is 2.19. The molecule has 1 aromatic carbocycles. The minimum absolute atomic E-state index is 0.0264. The number of benzene rings is 1. The van der Waals surface area contributed by atoms with Gasteiger partial charge in [-0.3, -0.25) is 0 Å². The van der Waals surface area contributed by atoms with Gasteiger partial charge in [-0.15, -0.1) is 0 Å². The van der Waals surface area contributed by atoms with Crippen LogP contribution in [0.4, 0.5) is 0 Å². The number of rotatable bonds is 7. The van der Waals surface area contributed by atoms with Gasteiger partial charge in [-0.1, -0.05) is 19.1 Å². The summed E-state index contributed by atoms with van der Waals surface area (Å²) in [6.07, 6.45) is 0.486. The summed E-state index contributed by atoms with van der Waals surface area (Å²) in [5.41, 5.74) is 0.781. The van der Waals surface area contributed by atoms with Crippen molar-refractivity contribution in [2.45, 2.75) is 20.0 Å². The summed E-state index contributed by atoms with van der Waals surface area (Å²) in [6.45, 7) is 1.98. The summed E-state index contributed by atoms with van der Waals surface area (Å²) in [5.74, 6) is 0.987. The van der Waals surface area contributed by atoms with Crippen molar-refractivity contribution in [2.24, 2.45) is 0 Å². The SMILES string of the molecule is CCS(=O)(=O)CCCOc1cccc(CO)c1. The van der Waals surface area contributed by atoms with E-state index in [4.69, 9.17) is 9.84 Å². The van der Waals surface area contributed by atoms with Crippen LogP contribution in [0.15, 0.2) is 24.3 Å². The first-order valence-corrected chi connectivity index (χ1v) is 7.42. The van der Waals surface area contributed by atoms with Crippen molar-refractivity contribution in [2.75, 3.05) is 18.1 Å². The van der Waals surface area contributed by atoms with Crippen LogP contribution in [0.25, 0.3) is 0 Å². The highest BCUT2D eigenvalue weighted by Gasteiger charge is 2.06. The van der Waals surface area contributed by atoms with Crippen molar-refractivity contribution >= 4 is 9.84 Å². The molecule has 0 saturated heterocycles. The van der Waals surface area contributed by atoms with Gasteiger partial charge in [0, 0.05) is 5.75 Å². The van der Waals surface area contributed by atoms with Crippen LogP contribution in [0.2, 0.25) is 0 Å². The van der Waals surface area contributed by atoms with Crippen LogP contribution in [0.1, 0.15) is 18.9 Å². The molecule has 96 valence electrons. The van der Waals surface area contributed by atoms with E-state index >= 15 is 0 Å². The summed E-state index contributed by atoms with van der Waals surface area (Å²) in [7, 11) is -2.91. The molecule has 0 aliphatic rings. The lowest BCUT2D eigenvalue weighted by atomic mass is 10.2. The standard InChI is InChI=1S/C12H18O4S/c1-2-17(14,15)8-4-7-16-12-6-3-5-11(9-12)10-13/h3,5-6,9,13H,2,4,7-8,10H2,1H3. The lowest BCUT2D eigenvalue weighted by Gasteiger charge is -2.07. The van der Waals surface area contributed by atoms with E-state index < -0.39 is 9.84 Å². The summed E-state index contributed by atoms with van der Waals surface area (Å²) in [5, 5.41) is 8.94. The van der Waals surface area contributed by atoms with Gasteiger partial charge in [0.1, 0.15) is 15.6 Å². The lowest BCUT2D eigenvalue weighted by Crippen LogP contribution is -2.11. The Morgan fingerprint density at radius 3 is 2.76 bits per heavy atom. The van der Waals surface area contributed by atoms with Crippen LogP contribution in [-0.4, -0.2) is 31.6 Å². The van der Waals surface area contributed by atoms with E-state index in [9.17, 15) is 8.42 Å². The van der Waals surface area contributed by atoms with Crippen molar-refractivity contribution in [3.63, 3.8) is 0 Å². The number of aliphatic hydroxyl groups excluding tert-OH is 1. The first kappa shape index (κ1) is 14.0. The number of ether oxygens (including phenoxy) is 1. The molecular formula is C12H18O4S. The number of hydrogen-bond donors (Lipinski definition) is 1. The maximum absolute atomic E-state index is 11.2. The zero-order valence-electron chi connectivity index (χ0n) is 9.93. The third-order valence-corrected chi connectivity index (χ3v) is 4.18.